The molecule has 138 valence electrons. The van der Waals surface area contributed by atoms with Crippen LogP contribution >= 0.6 is 23.4 Å². The molecule has 2 aromatic rings. The lowest BCUT2D eigenvalue weighted by Gasteiger charge is -2.36. The van der Waals surface area contributed by atoms with Gasteiger partial charge in [0.2, 0.25) is 5.91 Å². The lowest BCUT2D eigenvalue weighted by molar-refractivity contribution is -0.114. The molecule has 1 fully saturated rings. The highest BCUT2D eigenvalue weighted by molar-refractivity contribution is 7.99. The second-order valence-electron chi connectivity index (χ2n) is 6.27. The number of halogens is 1. The SMILES string of the molecule is COC1(c2cccc(Sc3ccc(NC(C)=O)cc3Cl)c2)CCOCC1. The Morgan fingerprint density at radius 2 is 2.00 bits per heavy atom. The smallest absolute Gasteiger partial charge is 0.221 e. The first-order chi connectivity index (χ1) is 12.5. The number of carbonyl (C=O) groups excluding carboxylic acids is 1. The Labute approximate surface area is 163 Å². The zero-order chi connectivity index (χ0) is 18.6. The number of hydrogen-bond donors (Lipinski definition) is 1. The number of ether oxygens (including phenoxy) is 2. The largest absolute Gasteiger partial charge is 0.381 e. The summed E-state index contributed by atoms with van der Waals surface area (Å²) in [5.74, 6) is -0.115. The number of benzene rings is 2. The van der Waals surface area contributed by atoms with Crippen LogP contribution < -0.4 is 5.32 Å². The van der Waals surface area contributed by atoms with Gasteiger partial charge in [0.25, 0.3) is 0 Å². The second kappa shape index (κ2) is 8.44. The van der Waals surface area contributed by atoms with Crippen molar-refractivity contribution in [3.8, 4) is 0 Å². The molecule has 4 nitrogen and oxygen atoms in total. The average Bonchev–Trinajstić information content (AvgIpc) is 2.64. The van der Waals surface area contributed by atoms with E-state index < -0.39 is 0 Å². The summed E-state index contributed by atoms with van der Waals surface area (Å²) in [6.07, 6.45) is 1.70. The molecular formula is C20H22ClNO3S. The third-order valence-corrected chi connectivity index (χ3v) is 6.02. The van der Waals surface area contributed by atoms with E-state index in [-0.39, 0.29) is 11.5 Å². The Kier molecular flexibility index (Phi) is 6.24. The van der Waals surface area contributed by atoms with E-state index in [1.54, 1.807) is 24.9 Å². The van der Waals surface area contributed by atoms with Crippen LogP contribution in [0.25, 0.3) is 0 Å². The molecule has 0 radical (unpaired) electrons. The summed E-state index contributed by atoms with van der Waals surface area (Å²) in [5, 5.41) is 3.35. The Hall–Kier alpha value is -1.53. The second-order valence-corrected chi connectivity index (χ2v) is 7.79. The summed E-state index contributed by atoms with van der Waals surface area (Å²) in [4.78, 5) is 13.2. The quantitative estimate of drug-likeness (QED) is 0.770. The number of methoxy groups -OCH3 is 1. The van der Waals surface area contributed by atoms with Crippen LogP contribution in [0.1, 0.15) is 25.3 Å². The lowest BCUT2D eigenvalue weighted by atomic mass is 9.86. The van der Waals surface area contributed by atoms with Gasteiger partial charge in [-0.2, -0.15) is 0 Å². The van der Waals surface area contributed by atoms with Crippen LogP contribution in [0.2, 0.25) is 5.02 Å². The van der Waals surface area contributed by atoms with Crippen molar-refractivity contribution in [1.29, 1.82) is 0 Å². The molecule has 0 aromatic heterocycles. The Morgan fingerprint density at radius 1 is 1.23 bits per heavy atom. The molecule has 1 saturated heterocycles. The van der Waals surface area contributed by atoms with Crippen molar-refractivity contribution in [1.82, 2.24) is 0 Å². The Bertz CT molecular complexity index is 790. The highest BCUT2D eigenvalue weighted by Crippen LogP contribution is 2.39. The normalized spacial score (nSPS) is 16.3. The molecule has 0 unspecified atom stereocenters. The van der Waals surface area contributed by atoms with Crippen molar-refractivity contribution in [3.05, 3.63) is 53.1 Å². The Balaban J connectivity index is 1.82. The van der Waals surface area contributed by atoms with Crippen molar-refractivity contribution < 1.29 is 14.3 Å². The van der Waals surface area contributed by atoms with Gasteiger partial charge in [0, 0.05) is 55.6 Å². The number of amides is 1. The van der Waals surface area contributed by atoms with Crippen LogP contribution in [0, 0.1) is 0 Å². The molecule has 0 atom stereocenters. The highest BCUT2D eigenvalue weighted by Gasteiger charge is 2.34. The van der Waals surface area contributed by atoms with Crippen molar-refractivity contribution >= 4 is 35.0 Å². The maximum atomic E-state index is 11.2. The molecule has 3 rings (SSSR count). The van der Waals surface area contributed by atoms with Gasteiger partial charge in [-0.25, -0.2) is 0 Å². The summed E-state index contributed by atoms with van der Waals surface area (Å²) < 4.78 is 11.4. The minimum Gasteiger partial charge on any atom is -0.381 e. The van der Waals surface area contributed by atoms with Gasteiger partial charge < -0.3 is 14.8 Å². The number of carbonyl (C=O) groups is 1. The molecule has 1 amide bonds. The van der Waals surface area contributed by atoms with E-state index in [0.29, 0.717) is 23.9 Å². The van der Waals surface area contributed by atoms with E-state index in [1.807, 2.05) is 18.2 Å². The molecule has 1 N–H and O–H groups in total. The molecule has 0 aliphatic carbocycles. The molecule has 0 spiro atoms. The van der Waals surface area contributed by atoms with E-state index >= 15 is 0 Å². The standard InChI is InChI=1S/C20H22ClNO3S/c1-14(23)22-16-6-7-19(18(21)13-16)26-17-5-3-4-15(12-17)20(24-2)8-10-25-11-9-20/h3-7,12-13H,8-11H2,1-2H3,(H,22,23). The molecule has 1 aliphatic rings. The van der Waals surface area contributed by atoms with Crippen LogP contribution in [0.3, 0.4) is 0 Å². The molecule has 1 aliphatic heterocycles. The van der Waals surface area contributed by atoms with Gasteiger partial charge in [0.15, 0.2) is 0 Å². The molecular weight excluding hydrogens is 370 g/mol. The fraction of sp³-hybridized carbons (Fsp3) is 0.350. The minimum atomic E-state index is -0.284. The van der Waals surface area contributed by atoms with Crippen molar-refractivity contribution in [2.45, 2.75) is 35.2 Å². The molecule has 0 bridgehead atoms. The third-order valence-electron chi connectivity index (χ3n) is 4.53. The van der Waals surface area contributed by atoms with Crippen LogP contribution in [-0.4, -0.2) is 26.2 Å². The molecule has 2 aromatic carbocycles. The van der Waals surface area contributed by atoms with Gasteiger partial charge >= 0.3 is 0 Å². The summed E-state index contributed by atoms with van der Waals surface area (Å²) in [6, 6.07) is 13.9. The summed E-state index contributed by atoms with van der Waals surface area (Å²) in [6.45, 7) is 2.90. The lowest BCUT2D eigenvalue weighted by Crippen LogP contribution is -2.35. The van der Waals surface area contributed by atoms with Crippen molar-refractivity contribution in [2.24, 2.45) is 0 Å². The first-order valence-corrected chi connectivity index (χ1v) is 9.70. The van der Waals surface area contributed by atoms with Crippen LogP contribution in [0.15, 0.2) is 52.3 Å². The fourth-order valence-electron chi connectivity index (χ4n) is 3.15. The maximum absolute atomic E-state index is 11.2. The molecule has 26 heavy (non-hydrogen) atoms. The number of anilines is 1. The van der Waals surface area contributed by atoms with Gasteiger partial charge in [-0.15, -0.1) is 0 Å². The summed E-state index contributed by atoms with van der Waals surface area (Å²) >= 11 is 7.99. The minimum absolute atomic E-state index is 0.115. The van der Waals surface area contributed by atoms with E-state index in [2.05, 4.69) is 23.5 Å². The van der Waals surface area contributed by atoms with E-state index in [1.165, 1.54) is 12.5 Å². The van der Waals surface area contributed by atoms with Gasteiger partial charge in [0.1, 0.15) is 0 Å². The average molecular weight is 392 g/mol. The summed E-state index contributed by atoms with van der Waals surface area (Å²) in [5.41, 5.74) is 1.58. The number of rotatable bonds is 5. The van der Waals surface area contributed by atoms with Crippen LogP contribution in [-0.2, 0) is 19.9 Å². The first kappa shape index (κ1) is 19.2. The maximum Gasteiger partial charge on any atom is 0.221 e. The molecule has 1 heterocycles. The third kappa shape index (κ3) is 4.41. The van der Waals surface area contributed by atoms with Crippen molar-refractivity contribution in [3.63, 3.8) is 0 Å². The summed E-state index contributed by atoms with van der Waals surface area (Å²) in [7, 11) is 1.77. The van der Waals surface area contributed by atoms with Gasteiger partial charge in [-0.1, -0.05) is 35.5 Å². The monoisotopic (exact) mass is 391 g/mol. The highest BCUT2D eigenvalue weighted by atomic mass is 35.5. The zero-order valence-corrected chi connectivity index (χ0v) is 16.5. The fourth-order valence-corrected chi connectivity index (χ4v) is 4.32. The van der Waals surface area contributed by atoms with E-state index in [4.69, 9.17) is 21.1 Å². The van der Waals surface area contributed by atoms with Gasteiger partial charge in [0.05, 0.1) is 10.6 Å². The topological polar surface area (TPSA) is 47.6 Å². The number of nitrogens with one attached hydrogen (secondary N) is 1. The Morgan fingerprint density at radius 3 is 2.65 bits per heavy atom. The first-order valence-electron chi connectivity index (χ1n) is 8.51. The van der Waals surface area contributed by atoms with Crippen LogP contribution in [0.5, 0.6) is 0 Å². The predicted molar refractivity (Wildman–Crippen MR) is 105 cm³/mol. The van der Waals surface area contributed by atoms with E-state index in [0.717, 1.165) is 22.6 Å². The van der Waals surface area contributed by atoms with Gasteiger partial charge in [-0.3, -0.25) is 4.79 Å². The van der Waals surface area contributed by atoms with Gasteiger partial charge in [-0.05, 0) is 35.9 Å². The zero-order valence-electron chi connectivity index (χ0n) is 14.9. The predicted octanol–water partition coefficient (Wildman–Crippen LogP) is 5.10. The van der Waals surface area contributed by atoms with Crippen molar-refractivity contribution in [2.75, 3.05) is 25.6 Å². The number of hydrogen-bond acceptors (Lipinski definition) is 4. The molecule has 6 heteroatoms. The van der Waals surface area contributed by atoms with E-state index in [9.17, 15) is 4.79 Å². The molecule has 0 saturated carbocycles. The van der Waals surface area contributed by atoms with Crippen LogP contribution in [0.4, 0.5) is 5.69 Å².